The summed E-state index contributed by atoms with van der Waals surface area (Å²) in [5.74, 6) is -0.464. The van der Waals surface area contributed by atoms with Crippen molar-refractivity contribution in [1.82, 2.24) is 20.8 Å². The zero-order chi connectivity index (χ0) is 19.1. The number of benzene rings is 1. The lowest BCUT2D eigenvalue weighted by Gasteiger charge is -2.13. The Morgan fingerprint density at radius 1 is 1.30 bits per heavy atom. The highest BCUT2D eigenvalue weighted by Crippen LogP contribution is 2.18. The number of nitrogens with zero attached hydrogens (tertiary/aromatic N) is 1. The van der Waals surface area contributed by atoms with Crippen molar-refractivity contribution in [1.29, 1.82) is 0 Å². The second kappa shape index (κ2) is 9.29. The molecule has 0 radical (unpaired) electrons. The van der Waals surface area contributed by atoms with Gasteiger partial charge in [-0.1, -0.05) is 6.07 Å². The number of fused-ring (bicyclic) bond motifs is 1. The van der Waals surface area contributed by atoms with Crippen LogP contribution >= 0.6 is 0 Å². The van der Waals surface area contributed by atoms with Crippen molar-refractivity contribution in [2.75, 3.05) is 31.6 Å². The Balaban J connectivity index is 1.59. The third-order valence-corrected chi connectivity index (χ3v) is 4.36. The van der Waals surface area contributed by atoms with Crippen molar-refractivity contribution >= 4 is 17.5 Å². The van der Waals surface area contributed by atoms with E-state index in [0.717, 1.165) is 30.6 Å². The zero-order valence-electron chi connectivity index (χ0n) is 15.4. The van der Waals surface area contributed by atoms with Crippen LogP contribution in [0.1, 0.15) is 45.4 Å². The van der Waals surface area contributed by atoms with Crippen molar-refractivity contribution in [3.63, 3.8) is 0 Å². The normalized spacial score (nSPS) is 13.1. The molecule has 2 aromatic rings. The van der Waals surface area contributed by atoms with E-state index in [0.29, 0.717) is 43.2 Å². The molecule has 8 heteroatoms. The number of carbonyl (C=O) groups is 2. The van der Waals surface area contributed by atoms with Gasteiger partial charge >= 0.3 is 0 Å². The van der Waals surface area contributed by atoms with Gasteiger partial charge in [0.2, 0.25) is 0 Å². The maximum atomic E-state index is 12.6. The molecule has 2 amide bonds. The summed E-state index contributed by atoms with van der Waals surface area (Å²) in [5.41, 5.74) is 3.35. The van der Waals surface area contributed by atoms with Crippen LogP contribution in [-0.4, -0.2) is 48.3 Å². The van der Waals surface area contributed by atoms with Crippen LogP contribution in [0.4, 0.5) is 5.69 Å². The molecule has 3 rings (SSSR count). The standard InChI is InChI=1S/C19H25N5O3/c1-2-27-10-4-8-21-18(25)13-5-3-6-14(11-13)22-19(26)17-15-12-20-9-7-16(15)23-24-17/h3,5-6,11,20H,2,4,7-10,12H2,1H3,(H,21,25)(H,22,26)(H,23,24). The number of nitrogens with one attached hydrogen (secondary N) is 4. The van der Waals surface area contributed by atoms with E-state index in [-0.39, 0.29) is 11.8 Å². The summed E-state index contributed by atoms with van der Waals surface area (Å²) in [6, 6.07) is 6.87. The first-order valence-corrected chi connectivity index (χ1v) is 9.23. The van der Waals surface area contributed by atoms with Crippen LogP contribution in [0.25, 0.3) is 0 Å². The fraction of sp³-hybridized carbons (Fsp3) is 0.421. The first-order chi connectivity index (χ1) is 13.2. The van der Waals surface area contributed by atoms with Crippen LogP contribution in [-0.2, 0) is 17.7 Å². The van der Waals surface area contributed by atoms with E-state index < -0.39 is 0 Å². The predicted molar refractivity (Wildman–Crippen MR) is 102 cm³/mol. The predicted octanol–water partition coefficient (Wildman–Crippen LogP) is 1.46. The molecule has 0 saturated heterocycles. The molecule has 1 aromatic carbocycles. The van der Waals surface area contributed by atoms with Gasteiger partial charge in [-0.25, -0.2) is 0 Å². The minimum atomic E-state index is -0.287. The van der Waals surface area contributed by atoms with Crippen LogP contribution in [0.5, 0.6) is 0 Å². The number of carbonyl (C=O) groups excluding carboxylic acids is 2. The molecule has 8 nitrogen and oxygen atoms in total. The third kappa shape index (κ3) is 4.93. The number of ether oxygens (including phenoxy) is 1. The Morgan fingerprint density at radius 2 is 2.19 bits per heavy atom. The molecule has 1 aromatic heterocycles. The Labute approximate surface area is 158 Å². The maximum absolute atomic E-state index is 12.6. The number of amides is 2. The molecular weight excluding hydrogens is 346 g/mol. The lowest BCUT2D eigenvalue weighted by atomic mass is 10.1. The summed E-state index contributed by atoms with van der Waals surface area (Å²) < 4.78 is 5.25. The highest BCUT2D eigenvalue weighted by Gasteiger charge is 2.21. The molecule has 27 heavy (non-hydrogen) atoms. The van der Waals surface area contributed by atoms with Gasteiger partial charge in [-0.3, -0.25) is 14.7 Å². The monoisotopic (exact) mass is 371 g/mol. The van der Waals surface area contributed by atoms with Gasteiger partial charge in [-0.05, 0) is 31.5 Å². The van der Waals surface area contributed by atoms with Crippen LogP contribution in [0.2, 0.25) is 0 Å². The van der Waals surface area contributed by atoms with E-state index >= 15 is 0 Å². The van der Waals surface area contributed by atoms with Crippen molar-refractivity contribution < 1.29 is 14.3 Å². The van der Waals surface area contributed by atoms with E-state index in [1.54, 1.807) is 24.3 Å². The lowest BCUT2D eigenvalue weighted by Crippen LogP contribution is -2.26. The summed E-state index contributed by atoms with van der Waals surface area (Å²) in [5, 5.41) is 16.0. The molecule has 0 spiro atoms. The first kappa shape index (κ1) is 19.1. The molecule has 0 fully saturated rings. The van der Waals surface area contributed by atoms with Crippen molar-refractivity contribution in [3.8, 4) is 0 Å². The molecule has 0 bridgehead atoms. The highest BCUT2D eigenvalue weighted by molar-refractivity contribution is 6.05. The van der Waals surface area contributed by atoms with E-state index in [1.807, 2.05) is 6.92 Å². The van der Waals surface area contributed by atoms with Gasteiger partial charge in [-0.15, -0.1) is 0 Å². The number of rotatable bonds is 8. The van der Waals surface area contributed by atoms with E-state index in [1.165, 1.54) is 0 Å². The van der Waals surface area contributed by atoms with E-state index in [2.05, 4.69) is 26.1 Å². The minimum Gasteiger partial charge on any atom is -0.382 e. The van der Waals surface area contributed by atoms with Gasteiger partial charge in [0, 0.05) is 61.8 Å². The van der Waals surface area contributed by atoms with Gasteiger partial charge in [0.1, 0.15) is 0 Å². The number of hydrogen-bond acceptors (Lipinski definition) is 5. The van der Waals surface area contributed by atoms with Crippen molar-refractivity contribution in [3.05, 3.63) is 46.8 Å². The summed E-state index contributed by atoms with van der Waals surface area (Å²) in [6.45, 7) is 5.27. The van der Waals surface area contributed by atoms with Gasteiger partial charge in [0.25, 0.3) is 11.8 Å². The number of anilines is 1. The third-order valence-electron chi connectivity index (χ3n) is 4.36. The molecule has 1 aliphatic heterocycles. The van der Waals surface area contributed by atoms with Crippen molar-refractivity contribution in [2.45, 2.75) is 26.3 Å². The molecule has 144 valence electrons. The number of H-pyrrole nitrogens is 1. The van der Waals surface area contributed by atoms with Gasteiger partial charge in [0.05, 0.1) is 0 Å². The van der Waals surface area contributed by atoms with Crippen LogP contribution in [0, 0.1) is 0 Å². The molecule has 0 atom stereocenters. The Kier molecular flexibility index (Phi) is 6.56. The average Bonchev–Trinajstić information content (AvgIpc) is 3.12. The SMILES string of the molecule is CCOCCCNC(=O)c1cccc(NC(=O)c2n[nH]c3c2CNCC3)c1. The second-order valence-electron chi connectivity index (χ2n) is 6.30. The zero-order valence-corrected chi connectivity index (χ0v) is 15.4. The van der Waals surface area contributed by atoms with Gasteiger partial charge in [-0.2, -0.15) is 5.10 Å². The van der Waals surface area contributed by atoms with E-state index in [9.17, 15) is 9.59 Å². The summed E-state index contributed by atoms with van der Waals surface area (Å²) >= 11 is 0. The second-order valence-corrected chi connectivity index (χ2v) is 6.30. The van der Waals surface area contributed by atoms with Crippen molar-refractivity contribution in [2.24, 2.45) is 0 Å². The molecular formula is C19H25N5O3. The van der Waals surface area contributed by atoms with E-state index in [4.69, 9.17) is 4.74 Å². The molecule has 0 saturated carbocycles. The summed E-state index contributed by atoms with van der Waals surface area (Å²) in [7, 11) is 0. The van der Waals surface area contributed by atoms with Crippen LogP contribution < -0.4 is 16.0 Å². The van der Waals surface area contributed by atoms with Crippen LogP contribution in [0.3, 0.4) is 0 Å². The Morgan fingerprint density at radius 3 is 3.04 bits per heavy atom. The Bertz CT molecular complexity index is 802. The minimum absolute atomic E-state index is 0.177. The fourth-order valence-electron chi connectivity index (χ4n) is 2.96. The first-order valence-electron chi connectivity index (χ1n) is 9.23. The summed E-state index contributed by atoms with van der Waals surface area (Å²) in [4.78, 5) is 24.8. The smallest absolute Gasteiger partial charge is 0.276 e. The largest absolute Gasteiger partial charge is 0.382 e. The maximum Gasteiger partial charge on any atom is 0.276 e. The topological polar surface area (TPSA) is 108 Å². The Hall–Kier alpha value is -2.71. The highest BCUT2D eigenvalue weighted by atomic mass is 16.5. The number of aromatic amines is 1. The number of aromatic nitrogens is 2. The van der Waals surface area contributed by atoms with Crippen LogP contribution in [0.15, 0.2) is 24.3 Å². The molecule has 2 heterocycles. The number of hydrogen-bond donors (Lipinski definition) is 4. The molecule has 0 aliphatic carbocycles. The lowest BCUT2D eigenvalue weighted by molar-refractivity contribution is 0.0942. The molecule has 4 N–H and O–H groups in total. The quantitative estimate of drug-likeness (QED) is 0.526. The average molecular weight is 371 g/mol. The molecule has 1 aliphatic rings. The summed E-state index contributed by atoms with van der Waals surface area (Å²) in [6.07, 6.45) is 1.59. The van der Waals surface area contributed by atoms with Gasteiger partial charge < -0.3 is 20.7 Å². The van der Waals surface area contributed by atoms with Gasteiger partial charge in [0.15, 0.2) is 5.69 Å². The molecule has 0 unspecified atom stereocenters. The fourth-order valence-corrected chi connectivity index (χ4v) is 2.96.